The molecule has 8 rings (SSSR count). The Morgan fingerprint density at radius 3 is 1.02 bits per heavy atom. The van der Waals surface area contributed by atoms with Crippen LogP contribution in [0.1, 0.15) is 285 Å². The topological polar surface area (TPSA) is 131 Å². The summed E-state index contributed by atoms with van der Waals surface area (Å²) in [6.45, 7) is 25.8. The molecule has 2 aromatic carbocycles. The van der Waals surface area contributed by atoms with Crippen molar-refractivity contribution < 1.29 is 19.2 Å². The van der Waals surface area contributed by atoms with E-state index in [0.717, 1.165) is 86.8 Å². The first-order valence-corrected chi connectivity index (χ1v) is 36.8. The summed E-state index contributed by atoms with van der Waals surface area (Å²) in [6.07, 6.45) is 40.6. The molecule has 2 amide bonds. The first kappa shape index (κ1) is 70.4. The highest BCUT2D eigenvalue weighted by Gasteiger charge is 2.50. The van der Waals surface area contributed by atoms with Crippen LogP contribution in [0.25, 0.3) is 44.4 Å². The molecule has 0 saturated heterocycles. The molecule has 12 heteroatoms. The van der Waals surface area contributed by atoms with Crippen molar-refractivity contribution in [3.8, 4) is 12.1 Å². The lowest BCUT2D eigenvalue weighted by Gasteiger charge is -2.29. The summed E-state index contributed by atoms with van der Waals surface area (Å²) < 4.78 is 0. The smallest absolute Gasteiger partial charge is 0.270 e. The quantitative estimate of drug-likeness (QED) is 0.0189. The lowest BCUT2D eigenvalue weighted by molar-refractivity contribution is -0.124. The van der Waals surface area contributed by atoms with Gasteiger partial charge < -0.3 is 9.80 Å². The van der Waals surface area contributed by atoms with E-state index in [1.54, 1.807) is 60.7 Å². The summed E-state index contributed by atoms with van der Waals surface area (Å²) in [6, 6.07) is 26.1. The molecule has 4 aliphatic rings. The number of ketones is 2. The third kappa shape index (κ3) is 17.6. The molecule has 4 aromatic rings. The maximum atomic E-state index is 16.3. The predicted molar refractivity (Wildman–Crippen MR) is 379 cm³/mol. The summed E-state index contributed by atoms with van der Waals surface area (Å²) in [4.78, 5) is 75.1. The molecule has 0 saturated carbocycles. The summed E-state index contributed by atoms with van der Waals surface area (Å²) in [5, 5.41) is 20.5. The van der Waals surface area contributed by atoms with Crippen molar-refractivity contribution in [2.75, 3.05) is 13.1 Å². The second kappa shape index (κ2) is 36.7. The van der Waals surface area contributed by atoms with Crippen LogP contribution in [0.3, 0.4) is 0 Å². The summed E-state index contributed by atoms with van der Waals surface area (Å²) in [5.41, 5.74) is 4.76. The Morgan fingerprint density at radius 2 is 0.728 bits per heavy atom. The number of nitriles is 2. The highest BCUT2D eigenvalue weighted by atomic mass is 32.1. The Kier molecular flexibility index (Phi) is 28.1. The summed E-state index contributed by atoms with van der Waals surface area (Å²) >= 11 is 2.81. The summed E-state index contributed by atoms with van der Waals surface area (Å²) in [7, 11) is 0. The number of carbonyl (C=O) groups is 4. The Morgan fingerprint density at radius 1 is 0.435 bits per heavy atom. The molecule has 2 unspecified atom stereocenters. The molecule has 92 heavy (non-hydrogen) atoms. The fourth-order valence-corrected chi connectivity index (χ4v) is 16.1. The zero-order chi connectivity index (χ0) is 65.2. The third-order valence-corrected chi connectivity index (χ3v) is 21.1. The normalized spacial score (nSPS) is 17.0. The number of nitrogens with zero attached hydrogens (tertiary/aromatic N) is 6. The summed E-state index contributed by atoms with van der Waals surface area (Å²) in [5.74, 6) is -0.589. The van der Waals surface area contributed by atoms with Gasteiger partial charge in [-0.3, -0.25) is 19.2 Å². The number of unbranched alkanes of at least 4 members (excludes halogenated alkanes) is 24. The van der Waals surface area contributed by atoms with Crippen molar-refractivity contribution in [1.82, 2.24) is 9.80 Å². The van der Waals surface area contributed by atoms with Gasteiger partial charge in [0.15, 0.2) is 11.6 Å². The number of allylic oxidation sites excluding steroid dienone is 6. The minimum absolute atomic E-state index is 0.159. The van der Waals surface area contributed by atoms with Crippen molar-refractivity contribution in [3.63, 3.8) is 0 Å². The zero-order valence-electron chi connectivity index (χ0n) is 55.4. The van der Waals surface area contributed by atoms with Crippen LogP contribution in [0.5, 0.6) is 0 Å². The monoisotopic (exact) mass is 1270 g/mol. The van der Waals surface area contributed by atoms with E-state index in [0.29, 0.717) is 78.8 Å². The van der Waals surface area contributed by atoms with E-state index in [1.165, 1.54) is 151 Å². The lowest BCUT2D eigenvalue weighted by Crippen LogP contribution is -2.34. The molecule has 2 aromatic heterocycles. The largest absolute Gasteiger partial charge is 0.306 e. The molecule has 10 nitrogen and oxygen atoms in total. The number of amides is 2. The van der Waals surface area contributed by atoms with Gasteiger partial charge in [-0.15, -0.1) is 22.7 Å². The Hall–Kier alpha value is -7.48. The molecule has 2 aliphatic carbocycles. The average Bonchev–Trinajstić information content (AvgIpc) is 1.56. The second-order valence-corrected chi connectivity index (χ2v) is 28.0. The number of Topliss-reactive ketones (excluding diaryl/α,β-unsaturated/α-hetero) is 2. The first-order valence-electron chi connectivity index (χ1n) is 35.2. The van der Waals surface area contributed by atoms with Crippen molar-refractivity contribution in [1.29, 1.82) is 10.5 Å². The van der Waals surface area contributed by atoms with E-state index in [9.17, 15) is 20.1 Å². The molecule has 0 fully saturated rings. The van der Waals surface area contributed by atoms with Crippen LogP contribution in [0.2, 0.25) is 0 Å². The number of fused-ring (bicyclic) bond motifs is 3. The maximum absolute atomic E-state index is 16.3. The minimum Gasteiger partial charge on any atom is -0.306 e. The number of hydrogen-bond donors (Lipinski definition) is 0. The van der Waals surface area contributed by atoms with Gasteiger partial charge in [0.2, 0.25) is 0 Å². The van der Waals surface area contributed by atoms with Gasteiger partial charge in [-0.1, -0.05) is 256 Å². The van der Waals surface area contributed by atoms with Gasteiger partial charge in [0.1, 0.15) is 0 Å². The van der Waals surface area contributed by atoms with Crippen LogP contribution >= 0.6 is 22.7 Å². The highest BCUT2D eigenvalue weighted by Crippen LogP contribution is 2.51. The van der Waals surface area contributed by atoms with E-state index in [2.05, 4.69) is 49.5 Å². The Bertz CT molecular complexity index is 3360. The van der Waals surface area contributed by atoms with Gasteiger partial charge in [-0.25, -0.2) is 20.2 Å². The van der Waals surface area contributed by atoms with Crippen LogP contribution in [0, 0.1) is 47.6 Å². The number of benzene rings is 2. The van der Waals surface area contributed by atoms with Crippen molar-refractivity contribution >= 4 is 80.7 Å². The van der Waals surface area contributed by atoms with Crippen molar-refractivity contribution in [3.05, 3.63) is 171 Å². The fourth-order valence-electron chi connectivity index (χ4n) is 14.1. The van der Waals surface area contributed by atoms with E-state index in [1.807, 2.05) is 34.1 Å². The maximum Gasteiger partial charge on any atom is 0.270 e. The lowest BCUT2D eigenvalue weighted by atomic mass is 9.93. The molecule has 0 radical (unpaired) electrons. The van der Waals surface area contributed by atoms with Gasteiger partial charge in [0.25, 0.3) is 23.2 Å². The second-order valence-electron chi connectivity index (χ2n) is 25.8. The van der Waals surface area contributed by atoms with Gasteiger partial charge in [-0.2, -0.15) is 0 Å². The molecule has 0 N–H and O–H groups in total. The predicted octanol–water partition coefficient (Wildman–Crippen LogP) is 22.3. The molecule has 2 atom stereocenters. The van der Waals surface area contributed by atoms with Crippen molar-refractivity contribution in [2.45, 2.75) is 233 Å². The van der Waals surface area contributed by atoms with Crippen LogP contribution in [-0.4, -0.2) is 46.3 Å². The van der Waals surface area contributed by atoms with Crippen LogP contribution in [0.4, 0.5) is 0 Å². The molecular formula is C80H96N6O4S2. The first-order chi connectivity index (χ1) is 45.1. The van der Waals surface area contributed by atoms with Crippen LogP contribution < -0.4 is 0 Å². The van der Waals surface area contributed by atoms with Crippen LogP contribution in [0.15, 0.2) is 106 Å². The van der Waals surface area contributed by atoms with E-state index >= 15 is 9.59 Å². The van der Waals surface area contributed by atoms with Gasteiger partial charge in [0, 0.05) is 56.3 Å². The SMILES string of the molecule is [C-]#[N+]/C(C#N)=C1\C(=C/c2ccc(C3=C4C(=O)N(CC(CCCCCCCC)CCCCCCCCCC)C(c5ccc(/C=C6/C(=O)c7ccccc7/C6=C(/C#N)[N+]#[C-])s5)=C4C(=O)N3CC(CCCCCCCC)CCCCCCCCCC)s2)C(=O)c2ccccc21. The minimum atomic E-state index is -0.268. The highest BCUT2D eigenvalue weighted by molar-refractivity contribution is 7.14. The number of rotatable bonds is 40. The molecule has 0 spiro atoms. The van der Waals surface area contributed by atoms with Gasteiger partial charge in [0.05, 0.1) is 57.6 Å². The standard InChI is InChI=1S/C80H96N6O4S2/c1-7-11-15-19-23-25-29-33-41-57(39-31-27-21-17-13-9-3)55-85-75(69-49-47-59(91-69)51-65-71(67(53-81)83-5)61-43-35-37-45-63(61)77(65)87)73-74(79(85)89)76(70-50-48-60(92-70)52-66-72(68(54-82)84-6)62-44-36-38-46-64(62)78(66)88)86(80(73)90)56-58(40-32-28-22-18-14-10-4)42-34-30-26-24-20-16-12-8-2/h35-38,43-52,57-58H,7-34,39-42,55-56H2,1-4H3/b65-51+,66-52+,71-67-,72-68+. The number of hydrogen-bond acceptors (Lipinski definition) is 8. The molecular weight excluding hydrogens is 1170 g/mol. The number of carbonyl (C=O) groups excluding carboxylic acids is 4. The molecule has 2 aliphatic heterocycles. The molecule has 4 heterocycles. The zero-order valence-corrected chi connectivity index (χ0v) is 57.0. The van der Waals surface area contributed by atoms with E-state index in [4.69, 9.17) is 13.1 Å². The van der Waals surface area contributed by atoms with Gasteiger partial charge in [-0.05, 0) is 85.1 Å². The third-order valence-electron chi connectivity index (χ3n) is 19.0. The van der Waals surface area contributed by atoms with E-state index in [-0.39, 0.29) is 57.8 Å². The Labute approximate surface area is 558 Å². The van der Waals surface area contributed by atoms with Crippen LogP contribution in [-0.2, 0) is 9.59 Å². The fraction of sp³-hybridized carbons (Fsp3) is 0.500. The molecule has 0 bridgehead atoms. The average molecular weight is 1270 g/mol. The molecule has 482 valence electrons. The van der Waals surface area contributed by atoms with Gasteiger partial charge >= 0.3 is 0 Å². The van der Waals surface area contributed by atoms with Crippen molar-refractivity contribution in [2.24, 2.45) is 11.8 Å². The number of thiophene rings is 2. The van der Waals surface area contributed by atoms with E-state index < -0.39 is 0 Å². The Balaban J connectivity index is 1.26.